The lowest BCUT2D eigenvalue weighted by Crippen LogP contribution is -2.34. The lowest BCUT2D eigenvalue weighted by atomic mass is 9.74. The van der Waals surface area contributed by atoms with E-state index in [4.69, 9.17) is 9.47 Å². The molecule has 2 aromatic rings. The molecule has 130 valence electrons. The minimum absolute atomic E-state index is 0.196. The normalized spacial score (nSPS) is 20.1. The van der Waals surface area contributed by atoms with Gasteiger partial charge in [-0.2, -0.15) is 11.3 Å². The molecule has 0 spiro atoms. The van der Waals surface area contributed by atoms with Crippen molar-refractivity contribution in [3.8, 4) is 5.75 Å². The highest BCUT2D eigenvalue weighted by molar-refractivity contribution is 7.08. The van der Waals surface area contributed by atoms with Crippen LogP contribution in [0.15, 0.2) is 47.2 Å². The monoisotopic (exact) mass is 356 g/mol. The second-order valence-electron chi connectivity index (χ2n) is 5.90. The second-order valence-corrected chi connectivity index (χ2v) is 6.68. The molecule has 1 heterocycles. The Kier molecular flexibility index (Phi) is 5.34. The van der Waals surface area contributed by atoms with Crippen molar-refractivity contribution in [1.82, 2.24) is 0 Å². The van der Waals surface area contributed by atoms with Crippen LogP contribution in [-0.2, 0) is 14.3 Å². The molecule has 0 saturated carbocycles. The zero-order valence-corrected chi connectivity index (χ0v) is 15.0. The number of hydrogen-bond donors (Lipinski definition) is 0. The number of allylic oxidation sites excluding steroid dienone is 2. The average Bonchev–Trinajstić information content (AvgIpc) is 3.16. The van der Waals surface area contributed by atoms with Crippen LogP contribution in [0.3, 0.4) is 0 Å². The van der Waals surface area contributed by atoms with E-state index in [0.717, 1.165) is 16.7 Å². The molecule has 0 N–H and O–H groups in total. The van der Waals surface area contributed by atoms with Crippen LogP contribution in [0.25, 0.3) is 5.57 Å². The van der Waals surface area contributed by atoms with E-state index in [0.29, 0.717) is 12.2 Å². The molecule has 25 heavy (non-hydrogen) atoms. The molecule has 2 atom stereocenters. The summed E-state index contributed by atoms with van der Waals surface area (Å²) < 4.78 is 10.5. The highest BCUT2D eigenvalue weighted by atomic mass is 32.1. The predicted molar refractivity (Wildman–Crippen MR) is 97.8 cm³/mol. The summed E-state index contributed by atoms with van der Waals surface area (Å²) in [5.74, 6) is -1.02. The summed E-state index contributed by atoms with van der Waals surface area (Å²) in [7, 11) is 1.60. The average molecular weight is 356 g/mol. The minimum atomic E-state index is -0.811. The van der Waals surface area contributed by atoms with Crippen LogP contribution in [0.2, 0.25) is 0 Å². The maximum Gasteiger partial charge on any atom is 0.317 e. The van der Waals surface area contributed by atoms with Gasteiger partial charge in [-0.3, -0.25) is 9.59 Å². The number of ether oxygens (including phenoxy) is 2. The number of ketones is 1. The van der Waals surface area contributed by atoms with Crippen molar-refractivity contribution in [1.29, 1.82) is 0 Å². The molecule has 1 aliphatic carbocycles. The van der Waals surface area contributed by atoms with Crippen LogP contribution < -0.4 is 4.74 Å². The first-order valence-corrected chi connectivity index (χ1v) is 9.16. The standard InChI is InChI=1S/C20H20O4S/c1-3-24-20(22)19-17(13-5-4-6-16(9-13)23-2)10-15(11-18(19)21)14-7-8-25-12-14/h4-9,11-12,17,19H,3,10H2,1-2H3/t17-,19-/m1/s1. The Morgan fingerprint density at radius 3 is 2.84 bits per heavy atom. The Hall–Kier alpha value is -2.40. The van der Waals surface area contributed by atoms with Crippen molar-refractivity contribution in [2.45, 2.75) is 19.3 Å². The number of methoxy groups -OCH3 is 1. The molecule has 0 unspecified atom stereocenters. The van der Waals surface area contributed by atoms with Gasteiger partial charge in [-0.25, -0.2) is 0 Å². The van der Waals surface area contributed by atoms with E-state index in [2.05, 4.69) is 0 Å². The molecule has 1 aliphatic rings. The third kappa shape index (κ3) is 3.66. The van der Waals surface area contributed by atoms with E-state index in [-0.39, 0.29) is 18.3 Å². The third-order valence-electron chi connectivity index (χ3n) is 4.42. The molecule has 1 aromatic heterocycles. The predicted octanol–water partition coefficient (Wildman–Crippen LogP) is 4.08. The van der Waals surface area contributed by atoms with E-state index in [1.807, 2.05) is 41.1 Å². The Balaban J connectivity index is 2.02. The van der Waals surface area contributed by atoms with Crippen molar-refractivity contribution in [2.75, 3.05) is 13.7 Å². The van der Waals surface area contributed by atoms with Crippen molar-refractivity contribution >= 4 is 28.7 Å². The molecular weight excluding hydrogens is 336 g/mol. The first kappa shape index (κ1) is 17.4. The summed E-state index contributed by atoms with van der Waals surface area (Å²) in [5.41, 5.74) is 2.90. The highest BCUT2D eigenvalue weighted by Gasteiger charge is 2.39. The van der Waals surface area contributed by atoms with E-state index in [1.165, 1.54) is 0 Å². The maximum atomic E-state index is 12.7. The van der Waals surface area contributed by atoms with Crippen LogP contribution in [0.5, 0.6) is 5.75 Å². The van der Waals surface area contributed by atoms with Gasteiger partial charge in [0.15, 0.2) is 5.78 Å². The van der Waals surface area contributed by atoms with E-state index >= 15 is 0 Å². The van der Waals surface area contributed by atoms with Gasteiger partial charge < -0.3 is 9.47 Å². The summed E-state index contributed by atoms with van der Waals surface area (Å²) in [4.78, 5) is 25.2. The SMILES string of the molecule is CCOC(=O)[C@H]1C(=O)C=C(c2ccsc2)C[C@@H]1c1cccc(OC)c1. The number of carbonyl (C=O) groups is 2. The summed E-state index contributed by atoms with van der Waals surface area (Å²) in [5, 5.41) is 4.01. The Morgan fingerprint density at radius 2 is 2.16 bits per heavy atom. The zero-order chi connectivity index (χ0) is 17.8. The second kappa shape index (κ2) is 7.66. The lowest BCUT2D eigenvalue weighted by molar-refractivity contribution is -0.151. The molecule has 0 bridgehead atoms. The molecule has 0 amide bonds. The Morgan fingerprint density at radius 1 is 1.32 bits per heavy atom. The summed E-state index contributed by atoms with van der Waals surface area (Å²) in [6, 6.07) is 9.55. The molecule has 5 heteroatoms. The highest BCUT2D eigenvalue weighted by Crippen LogP contribution is 2.41. The van der Waals surface area contributed by atoms with Gasteiger partial charge in [0.1, 0.15) is 11.7 Å². The Labute approximate surface area is 151 Å². The fourth-order valence-electron chi connectivity index (χ4n) is 3.22. The molecule has 0 saturated heterocycles. The zero-order valence-electron chi connectivity index (χ0n) is 14.2. The fraction of sp³-hybridized carbons (Fsp3) is 0.300. The van der Waals surface area contributed by atoms with E-state index < -0.39 is 11.9 Å². The number of hydrogen-bond acceptors (Lipinski definition) is 5. The molecule has 0 radical (unpaired) electrons. The topological polar surface area (TPSA) is 52.6 Å². The van der Waals surface area contributed by atoms with Crippen LogP contribution in [0, 0.1) is 5.92 Å². The number of esters is 1. The summed E-state index contributed by atoms with van der Waals surface area (Å²) in [6.07, 6.45) is 2.21. The molecular formula is C20H20O4S. The van der Waals surface area contributed by atoms with Gasteiger partial charge in [0.25, 0.3) is 0 Å². The fourth-order valence-corrected chi connectivity index (χ4v) is 3.90. The van der Waals surface area contributed by atoms with Crippen molar-refractivity contribution in [3.63, 3.8) is 0 Å². The number of benzene rings is 1. The molecule has 0 fully saturated rings. The molecule has 4 nitrogen and oxygen atoms in total. The number of thiophene rings is 1. The van der Waals surface area contributed by atoms with Crippen molar-refractivity contribution in [3.05, 3.63) is 58.3 Å². The van der Waals surface area contributed by atoms with Crippen LogP contribution >= 0.6 is 11.3 Å². The first-order chi connectivity index (χ1) is 12.1. The summed E-state index contributed by atoms with van der Waals surface area (Å²) >= 11 is 1.59. The van der Waals surface area contributed by atoms with Crippen LogP contribution in [0.1, 0.15) is 30.4 Å². The number of carbonyl (C=O) groups excluding carboxylic acids is 2. The molecule has 1 aromatic carbocycles. The summed E-state index contributed by atoms with van der Waals surface area (Å²) in [6.45, 7) is 2.01. The van der Waals surface area contributed by atoms with Gasteiger partial charge in [-0.05, 0) is 65.1 Å². The smallest absolute Gasteiger partial charge is 0.317 e. The van der Waals surface area contributed by atoms with Gasteiger partial charge in [0.05, 0.1) is 13.7 Å². The van der Waals surface area contributed by atoms with Crippen LogP contribution in [-0.4, -0.2) is 25.5 Å². The maximum absolute atomic E-state index is 12.7. The molecule has 0 aliphatic heterocycles. The number of rotatable bonds is 5. The van der Waals surface area contributed by atoms with Gasteiger partial charge in [0, 0.05) is 5.92 Å². The lowest BCUT2D eigenvalue weighted by Gasteiger charge is -2.29. The molecule has 3 rings (SSSR count). The first-order valence-electron chi connectivity index (χ1n) is 8.21. The largest absolute Gasteiger partial charge is 0.497 e. The van der Waals surface area contributed by atoms with E-state index in [9.17, 15) is 9.59 Å². The van der Waals surface area contributed by atoms with Gasteiger partial charge in [-0.15, -0.1) is 0 Å². The van der Waals surface area contributed by atoms with Gasteiger partial charge >= 0.3 is 5.97 Å². The van der Waals surface area contributed by atoms with Crippen molar-refractivity contribution < 1.29 is 19.1 Å². The quantitative estimate of drug-likeness (QED) is 0.598. The minimum Gasteiger partial charge on any atom is -0.497 e. The third-order valence-corrected chi connectivity index (χ3v) is 5.10. The van der Waals surface area contributed by atoms with Crippen LogP contribution in [0.4, 0.5) is 0 Å². The van der Waals surface area contributed by atoms with Gasteiger partial charge in [-0.1, -0.05) is 12.1 Å². The van der Waals surface area contributed by atoms with Gasteiger partial charge in [0.2, 0.25) is 0 Å². The Bertz CT molecular complexity index is 792. The van der Waals surface area contributed by atoms with E-state index in [1.54, 1.807) is 31.4 Å². The van der Waals surface area contributed by atoms with Crippen molar-refractivity contribution in [2.24, 2.45) is 5.92 Å².